The third-order valence-corrected chi connectivity index (χ3v) is 3.79. The van der Waals surface area contributed by atoms with Crippen molar-refractivity contribution in [1.29, 1.82) is 0 Å². The predicted octanol–water partition coefficient (Wildman–Crippen LogP) is 3.31. The summed E-state index contributed by atoms with van der Waals surface area (Å²) < 4.78 is 10.2. The van der Waals surface area contributed by atoms with E-state index in [-0.39, 0.29) is 5.91 Å². The van der Waals surface area contributed by atoms with Crippen molar-refractivity contribution in [1.82, 2.24) is 10.6 Å². The molecular weight excluding hydrogens is 336 g/mol. The zero-order chi connectivity index (χ0) is 19.8. The van der Waals surface area contributed by atoms with E-state index in [1.165, 1.54) is 0 Å². The molecular formula is C19H36N2O5. The molecule has 7 heteroatoms. The van der Waals surface area contributed by atoms with Gasteiger partial charge in [0.25, 0.3) is 0 Å². The standard InChI is InChI=1S/C19H36N2O5/c1-5-9-10-14-25-18(23)16(12-7-3)20-17(22)15(11-6-2)21-19(24)26-13-8-4/h15-16H,5-14H2,1-4H3,(H,20,22)(H,21,24). The monoisotopic (exact) mass is 372 g/mol. The lowest BCUT2D eigenvalue weighted by Crippen LogP contribution is -2.52. The fourth-order valence-corrected chi connectivity index (χ4v) is 2.37. The van der Waals surface area contributed by atoms with Gasteiger partial charge in [0.15, 0.2) is 0 Å². The quantitative estimate of drug-likeness (QED) is 0.360. The number of hydrogen-bond acceptors (Lipinski definition) is 5. The van der Waals surface area contributed by atoms with Crippen LogP contribution in [0, 0.1) is 0 Å². The molecule has 0 saturated heterocycles. The lowest BCUT2D eigenvalue weighted by atomic mass is 10.1. The molecule has 2 N–H and O–H groups in total. The van der Waals surface area contributed by atoms with E-state index < -0.39 is 24.1 Å². The molecule has 0 radical (unpaired) electrons. The molecule has 152 valence electrons. The summed E-state index contributed by atoms with van der Waals surface area (Å²) in [5.41, 5.74) is 0. The minimum atomic E-state index is -0.725. The first-order valence-corrected chi connectivity index (χ1v) is 9.90. The Labute approximate surface area is 157 Å². The Balaban J connectivity index is 4.68. The lowest BCUT2D eigenvalue weighted by Gasteiger charge is -2.22. The summed E-state index contributed by atoms with van der Waals surface area (Å²) in [5, 5.41) is 5.29. The van der Waals surface area contributed by atoms with Crippen molar-refractivity contribution in [2.45, 2.75) is 91.1 Å². The van der Waals surface area contributed by atoms with Gasteiger partial charge < -0.3 is 20.1 Å². The molecule has 2 amide bonds. The van der Waals surface area contributed by atoms with Crippen molar-refractivity contribution in [3.05, 3.63) is 0 Å². The second-order valence-electron chi connectivity index (χ2n) is 6.35. The number of carbonyl (C=O) groups excluding carboxylic acids is 3. The van der Waals surface area contributed by atoms with Crippen molar-refractivity contribution in [2.24, 2.45) is 0 Å². The molecule has 0 fully saturated rings. The zero-order valence-corrected chi connectivity index (χ0v) is 16.8. The minimum absolute atomic E-state index is 0.300. The molecule has 26 heavy (non-hydrogen) atoms. The van der Waals surface area contributed by atoms with E-state index in [1.54, 1.807) is 0 Å². The first-order chi connectivity index (χ1) is 12.5. The Morgan fingerprint density at radius 1 is 0.731 bits per heavy atom. The summed E-state index contributed by atoms with van der Waals surface area (Å²) >= 11 is 0. The highest BCUT2D eigenvalue weighted by Crippen LogP contribution is 2.05. The number of rotatable bonds is 14. The van der Waals surface area contributed by atoms with Crippen molar-refractivity contribution in [3.8, 4) is 0 Å². The second-order valence-corrected chi connectivity index (χ2v) is 6.35. The van der Waals surface area contributed by atoms with Gasteiger partial charge in [-0.05, 0) is 25.7 Å². The molecule has 0 heterocycles. The highest BCUT2D eigenvalue weighted by molar-refractivity contribution is 5.89. The maximum absolute atomic E-state index is 12.5. The SMILES string of the molecule is CCCCCOC(=O)C(CCC)NC(=O)C(CCC)NC(=O)OCCC. The van der Waals surface area contributed by atoms with Gasteiger partial charge in [-0.1, -0.05) is 53.4 Å². The number of alkyl carbamates (subject to hydrolysis) is 1. The molecule has 0 aromatic carbocycles. The number of nitrogens with one attached hydrogen (secondary N) is 2. The number of unbranched alkanes of at least 4 members (excludes halogenated alkanes) is 2. The van der Waals surface area contributed by atoms with Crippen LogP contribution in [0.2, 0.25) is 0 Å². The molecule has 0 aliphatic rings. The highest BCUT2D eigenvalue weighted by atomic mass is 16.5. The zero-order valence-electron chi connectivity index (χ0n) is 16.8. The van der Waals surface area contributed by atoms with E-state index in [4.69, 9.17) is 9.47 Å². The Morgan fingerprint density at radius 3 is 1.96 bits per heavy atom. The van der Waals surface area contributed by atoms with Gasteiger partial charge in [0.1, 0.15) is 12.1 Å². The largest absolute Gasteiger partial charge is 0.464 e. The maximum atomic E-state index is 12.5. The van der Waals surface area contributed by atoms with Gasteiger partial charge in [0.05, 0.1) is 13.2 Å². The van der Waals surface area contributed by atoms with Gasteiger partial charge in [0, 0.05) is 0 Å². The maximum Gasteiger partial charge on any atom is 0.407 e. The van der Waals surface area contributed by atoms with Crippen molar-refractivity contribution < 1.29 is 23.9 Å². The van der Waals surface area contributed by atoms with E-state index >= 15 is 0 Å². The van der Waals surface area contributed by atoms with Gasteiger partial charge in [-0.15, -0.1) is 0 Å². The Hall–Kier alpha value is -1.79. The molecule has 2 atom stereocenters. The molecule has 0 saturated carbocycles. The average Bonchev–Trinajstić information content (AvgIpc) is 2.62. The van der Waals surface area contributed by atoms with E-state index in [1.807, 2.05) is 20.8 Å². The Bertz CT molecular complexity index is 415. The summed E-state index contributed by atoms with van der Waals surface area (Å²) in [4.78, 5) is 36.5. The molecule has 0 aliphatic carbocycles. The van der Waals surface area contributed by atoms with Crippen LogP contribution in [-0.4, -0.2) is 43.3 Å². The summed E-state index contributed by atoms with van der Waals surface area (Å²) in [6.45, 7) is 8.50. The number of hydrogen-bond donors (Lipinski definition) is 2. The molecule has 0 aliphatic heterocycles. The van der Waals surface area contributed by atoms with E-state index in [9.17, 15) is 14.4 Å². The minimum Gasteiger partial charge on any atom is -0.464 e. The fraction of sp³-hybridized carbons (Fsp3) is 0.842. The summed E-state index contributed by atoms with van der Waals surface area (Å²) in [6.07, 6.45) is 5.37. The summed E-state index contributed by atoms with van der Waals surface area (Å²) in [5.74, 6) is -0.802. The third kappa shape index (κ3) is 10.9. The molecule has 0 aromatic heterocycles. The molecule has 0 spiro atoms. The van der Waals surface area contributed by atoms with Crippen molar-refractivity contribution in [3.63, 3.8) is 0 Å². The van der Waals surface area contributed by atoms with E-state index in [0.29, 0.717) is 38.9 Å². The highest BCUT2D eigenvalue weighted by Gasteiger charge is 2.27. The van der Waals surface area contributed by atoms with Gasteiger partial charge in [-0.2, -0.15) is 0 Å². The number of amides is 2. The number of ether oxygens (including phenoxy) is 2. The summed E-state index contributed by atoms with van der Waals surface area (Å²) in [7, 11) is 0. The van der Waals surface area contributed by atoms with Crippen LogP contribution in [0.3, 0.4) is 0 Å². The van der Waals surface area contributed by atoms with Crippen molar-refractivity contribution >= 4 is 18.0 Å². The second kappa shape index (κ2) is 15.5. The fourth-order valence-electron chi connectivity index (χ4n) is 2.37. The first-order valence-electron chi connectivity index (χ1n) is 9.90. The van der Waals surface area contributed by atoms with Crippen LogP contribution in [0.25, 0.3) is 0 Å². The van der Waals surface area contributed by atoms with Crippen LogP contribution < -0.4 is 10.6 Å². The smallest absolute Gasteiger partial charge is 0.407 e. The lowest BCUT2D eigenvalue weighted by molar-refractivity contribution is -0.148. The Kier molecular flexibility index (Phi) is 14.4. The van der Waals surface area contributed by atoms with Gasteiger partial charge in [-0.3, -0.25) is 4.79 Å². The molecule has 0 bridgehead atoms. The van der Waals surface area contributed by atoms with Gasteiger partial charge in [0.2, 0.25) is 5.91 Å². The van der Waals surface area contributed by atoms with Crippen LogP contribution in [0.4, 0.5) is 4.79 Å². The van der Waals surface area contributed by atoms with E-state index in [2.05, 4.69) is 17.6 Å². The third-order valence-electron chi connectivity index (χ3n) is 3.79. The topological polar surface area (TPSA) is 93.7 Å². The predicted molar refractivity (Wildman–Crippen MR) is 101 cm³/mol. The normalized spacial score (nSPS) is 12.8. The molecule has 0 aromatic rings. The van der Waals surface area contributed by atoms with E-state index in [0.717, 1.165) is 25.7 Å². The average molecular weight is 373 g/mol. The summed E-state index contributed by atoms with van der Waals surface area (Å²) in [6, 6.07) is -1.42. The molecule has 0 rings (SSSR count). The van der Waals surface area contributed by atoms with Gasteiger partial charge in [-0.25, -0.2) is 9.59 Å². The van der Waals surface area contributed by atoms with Crippen LogP contribution in [0.5, 0.6) is 0 Å². The van der Waals surface area contributed by atoms with Crippen LogP contribution in [-0.2, 0) is 19.1 Å². The van der Waals surface area contributed by atoms with Crippen LogP contribution >= 0.6 is 0 Å². The first kappa shape index (κ1) is 24.2. The molecule has 2 unspecified atom stereocenters. The molecule has 7 nitrogen and oxygen atoms in total. The van der Waals surface area contributed by atoms with Crippen LogP contribution in [0.15, 0.2) is 0 Å². The Morgan fingerprint density at radius 2 is 1.38 bits per heavy atom. The number of esters is 1. The number of carbonyl (C=O) groups is 3. The van der Waals surface area contributed by atoms with Crippen molar-refractivity contribution in [2.75, 3.05) is 13.2 Å². The van der Waals surface area contributed by atoms with Crippen LogP contribution in [0.1, 0.15) is 79.1 Å². The van der Waals surface area contributed by atoms with Gasteiger partial charge >= 0.3 is 12.1 Å².